The van der Waals surface area contributed by atoms with Crippen LogP contribution >= 0.6 is 11.6 Å². The van der Waals surface area contributed by atoms with Gasteiger partial charge in [-0.1, -0.05) is 11.6 Å². The fourth-order valence-corrected chi connectivity index (χ4v) is 7.42. The fraction of sp³-hybridized carbons (Fsp3) is 0.409. The Balaban J connectivity index is 1.67. The lowest BCUT2D eigenvalue weighted by Crippen LogP contribution is -2.65. The van der Waals surface area contributed by atoms with E-state index in [0.29, 0.717) is 10.7 Å². The molecule has 1 saturated heterocycles. The maximum atomic E-state index is 15.0. The van der Waals surface area contributed by atoms with Crippen LogP contribution in [0.15, 0.2) is 40.9 Å². The molecule has 3 atom stereocenters. The van der Waals surface area contributed by atoms with E-state index < -0.39 is 31.7 Å². The summed E-state index contributed by atoms with van der Waals surface area (Å²) in [6.45, 7) is 3.53. The molecule has 2 heterocycles. The zero-order valence-electron chi connectivity index (χ0n) is 18.0. The average Bonchev–Trinajstić information content (AvgIpc) is 3.59. The largest absolute Gasteiger partial charge is 0.362 e. The molecule has 32 heavy (non-hydrogen) atoms. The van der Waals surface area contributed by atoms with Crippen LogP contribution in [0.3, 0.4) is 0 Å². The molecular weight excluding hydrogens is 453 g/mol. The van der Waals surface area contributed by atoms with Crippen molar-refractivity contribution in [2.45, 2.75) is 37.0 Å². The van der Waals surface area contributed by atoms with Crippen molar-refractivity contribution in [2.75, 3.05) is 18.1 Å². The molecule has 0 spiro atoms. The van der Waals surface area contributed by atoms with Crippen LogP contribution in [0, 0.1) is 17.1 Å². The van der Waals surface area contributed by atoms with Crippen LogP contribution in [0.1, 0.15) is 42.7 Å². The summed E-state index contributed by atoms with van der Waals surface area (Å²) >= 11 is 5.81. The zero-order valence-corrected chi connectivity index (χ0v) is 19.6. The molecule has 2 unspecified atom stereocenters. The fourth-order valence-electron chi connectivity index (χ4n) is 4.37. The Morgan fingerprint density at radius 2 is 2.06 bits per heavy atom. The number of carbonyl (C=O) groups is 1. The molecule has 1 aliphatic heterocycles. The van der Waals surface area contributed by atoms with E-state index in [4.69, 9.17) is 17.0 Å². The molecule has 4 rings (SSSR count). The van der Waals surface area contributed by atoms with Crippen LogP contribution in [-0.4, -0.2) is 38.5 Å². The maximum absolute atomic E-state index is 15.0. The maximum Gasteiger partial charge on any atom is 0.274 e. The molecule has 0 radical (unpaired) electrons. The molecule has 1 aromatic carbocycles. The van der Waals surface area contributed by atoms with E-state index in [-0.39, 0.29) is 28.8 Å². The first kappa shape index (κ1) is 22.7. The number of pyridine rings is 1. The van der Waals surface area contributed by atoms with Gasteiger partial charge in [0.25, 0.3) is 5.91 Å². The van der Waals surface area contributed by atoms with Crippen LogP contribution in [0.5, 0.6) is 0 Å². The lowest BCUT2D eigenvalue weighted by Gasteiger charge is -2.47. The first-order valence-electron chi connectivity index (χ1n) is 10.2. The Labute approximate surface area is 191 Å². The van der Waals surface area contributed by atoms with Crippen LogP contribution in [0.25, 0.3) is 0 Å². The standard InChI is InChI=1S/C22H25ClFN5O2S/c1-21(12-32(31,26-3)22(2,13-4-5-13)20(25)29-21)16-10-15(7-8-17(16)24)28-19(30)18-9-6-14(23)11-27-18/h6-11,13H,4-5,12H2,1-3H3,(H2,25,29)(H,28,30)/t21-,22?,32?/m0/s1. The normalized spacial score (nSPS) is 29.8. The Morgan fingerprint density at radius 1 is 1.34 bits per heavy atom. The molecule has 1 aromatic heterocycles. The van der Waals surface area contributed by atoms with E-state index in [2.05, 4.69) is 20.0 Å². The molecule has 3 N–H and O–H groups in total. The van der Waals surface area contributed by atoms with E-state index >= 15 is 0 Å². The van der Waals surface area contributed by atoms with Crippen molar-refractivity contribution < 1.29 is 13.4 Å². The van der Waals surface area contributed by atoms with Crippen molar-refractivity contribution in [1.29, 1.82) is 5.41 Å². The van der Waals surface area contributed by atoms with Gasteiger partial charge >= 0.3 is 0 Å². The summed E-state index contributed by atoms with van der Waals surface area (Å²) in [5, 5.41) is 14.9. The number of rotatable bonds is 4. The summed E-state index contributed by atoms with van der Waals surface area (Å²) < 4.78 is 32.3. The van der Waals surface area contributed by atoms with Gasteiger partial charge < -0.3 is 10.6 Å². The van der Waals surface area contributed by atoms with Crippen molar-refractivity contribution in [1.82, 2.24) is 10.3 Å². The molecule has 1 saturated carbocycles. The molecule has 2 aliphatic rings. The van der Waals surface area contributed by atoms with E-state index in [1.54, 1.807) is 13.0 Å². The minimum Gasteiger partial charge on any atom is -0.362 e. The number of hydrogen-bond donors (Lipinski definition) is 3. The SMILES string of the molecule is CN=S1(=O)C[C@@](C)(c2cc(NC(=O)c3ccc(Cl)cn3)ccc2F)NC(=N)C1(C)C1CC1. The number of nitrogens with one attached hydrogen (secondary N) is 3. The van der Waals surface area contributed by atoms with E-state index in [0.717, 1.165) is 12.8 Å². The molecular formula is C22H25ClFN5O2S. The summed E-state index contributed by atoms with van der Waals surface area (Å²) in [4.78, 5) is 16.5. The molecule has 10 heteroatoms. The lowest BCUT2D eigenvalue weighted by molar-refractivity contribution is 0.102. The van der Waals surface area contributed by atoms with Gasteiger partial charge in [0.15, 0.2) is 0 Å². The van der Waals surface area contributed by atoms with Gasteiger partial charge in [0.1, 0.15) is 22.1 Å². The molecule has 7 nitrogen and oxygen atoms in total. The van der Waals surface area contributed by atoms with Crippen LogP contribution in [0.2, 0.25) is 5.02 Å². The average molecular weight is 478 g/mol. The van der Waals surface area contributed by atoms with E-state index in [9.17, 15) is 13.4 Å². The monoisotopic (exact) mass is 477 g/mol. The predicted molar refractivity (Wildman–Crippen MR) is 124 cm³/mol. The molecule has 170 valence electrons. The number of aromatic nitrogens is 1. The van der Waals surface area contributed by atoms with Crippen LogP contribution in [-0.2, 0) is 15.3 Å². The number of nitrogens with zero attached hydrogens (tertiary/aromatic N) is 2. The minimum absolute atomic E-state index is 0.0545. The Bertz CT molecular complexity index is 1220. The van der Waals surface area contributed by atoms with Crippen molar-refractivity contribution in [3.05, 3.63) is 58.6 Å². The van der Waals surface area contributed by atoms with Crippen molar-refractivity contribution in [2.24, 2.45) is 10.3 Å². The summed E-state index contributed by atoms with van der Waals surface area (Å²) in [5.74, 6) is -0.696. The second-order valence-corrected chi connectivity index (χ2v) is 11.9. The number of carbonyl (C=O) groups excluding carboxylic acids is 1. The second kappa shape index (κ2) is 7.81. The number of amidine groups is 1. The van der Waals surface area contributed by atoms with Gasteiger partial charge in [-0.2, -0.15) is 0 Å². The molecule has 1 amide bonds. The van der Waals surface area contributed by atoms with Gasteiger partial charge in [-0.15, -0.1) is 0 Å². The lowest BCUT2D eigenvalue weighted by atomic mass is 9.90. The molecule has 2 aromatic rings. The highest BCUT2D eigenvalue weighted by Gasteiger charge is 2.58. The van der Waals surface area contributed by atoms with E-state index in [1.807, 2.05) is 6.92 Å². The number of halogens is 2. The summed E-state index contributed by atoms with van der Waals surface area (Å²) in [7, 11) is -1.34. The van der Waals surface area contributed by atoms with Gasteiger partial charge in [-0.3, -0.25) is 10.2 Å². The van der Waals surface area contributed by atoms with Gasteiger partial charge in [0, 0.05) is 24.5 Å². The molecule has 2 fully saturated rings. The Kier molecular flexibility index (Phi) is 5.53. The number of anilines is 1. The summed E-state index contributed by atoms with van der Waals surface area (Å²) in [6, 6.07) is 7.24. The highest BCUT2D eigenvalue weighted by molar-refractivity contribution is 7.95. The van der Waals surface area contributed by atoms with E-state index in [1.165, 1.54) is 37.5 Å². The number of hydrogen-bond acceptors (Lipinski definition) is 5. The van der Waals surface area contributed by atoms with Gasteiger partial charge in [0.05, 0.1) is 26.0 Å². The zero-order chi connectivity index (χ0) is 23.3. The molecule has 0 bridgehead atoms. The van der Waals surface area contributed by atoms with Gasteiger partial charge in [-0.25, -0.2) is 17.9 Å². The van der Waals surface area contributed by atoms with Gasteiger partial charge in [0.2, 0.25) is 0 Å². The number of benzene rings is 1. The van der Waals surface area contributed by atoms with Crippen LogP contribution in [0.4, 0.5) is 10.1 Å². The highest BCUT2D eigenvalue weighted by Crippen LogP contribution is 2.49. The molecule has 1 aliphatic carbocycles. The Hall–Kier alpha value is -2.52. The van der Waals surface area contributed by atoms with Gasteiger partial charge in [-0.05, 0) is 62.9 Å². The summed E-state index contributed by atoms with van der Waals surface area (Å²) in [6.07, 6.45) is 3.17. The van der Waals surface area contributed by atoms with Crippen molar-refractivity contribution >= 4 is 38.8 Å². The summed E-state index contributed by atoms with van der Waals surface area (Å²) in [5.41, 5.74) is -0.408. The third kappa shape index (κ3) is 3.67. The smallest absolute Gasteiger partial charge is 0.274 e. The second-order valence-electron chi connectivity index (χ2n) is 8.69. The Morgan fingerprint density at radius 3 is 2.66 bits per heavy atom. The predicted octanol–water partition coefficient (Wildman–Crippen LogP) is 4.19. The topological polar surface area (TPSA) is 107 Å². The van der Waals surface area contributed by atoms with Crippen molar-refractivity contribution in [3.8, 4) is 0 Å². The first-order valence-corrected chi connectivity index (χ1v) is 12.3. The third-order valence-corrected chi connectivity index (χ3v) is 10.1. The first-order chi connectivity index (χ1) is 15.0. The minimum atomic E-state index is -2.85. The van der Waals surface area contributed by atoms with Crippen LogP contribution < -0.4 is 10.6 Å². The van der Waals surface area contributed by atoms with Crippen molar-refractivity contribution in [3.63, 3.8) is 0 Å². The number of amides is 1. The third-order valence-electron chi connectivity index (χ3n) is 6.47. The quantitative estimate of drug-likeness (QED) is 0.613. The highest BCUT2D eigenvalue weighted by atomic mass is 35.5.